The molecule has 0 radical (unpaired) electrons. The molecule has 2 N–H and O–H groups in total. The van der Waals surface area contributed by atoms with Crippen molar-refractivity contribution in [2.75, 3.05) is 5.73 Å². The zero-order valence-electron chi connectivity index (χ0n) is 12.8. The van der Waals surface area contributed by atoms with Crippen molar-refractivity contribution in [3.63, 3.8) is 0 Å². The molecule has 0 aliphatic heterocycles. The fourth-order valence-electron chi connectivity index (χ4n) is 2.10. The second-order valence-corrected chi connectivity index (χ2v) is 6.28. The zero-order valence-corrected chi connectivity index (χ0v) is 12.8. The van der Waals surface area contributed by atoms with E-state index in [2.05, 4.69) is 6.07 Å². The minimum absolute atomic E-state index is 0.00502. The number of carbonyl (C=O) groups excluding carboxylic acids is 1. The number of hydrogen-bond donors (Lipinski definition) is 1. The first-order valence-corrected chi connectivity index (χ1v) is 6.57. The van der Waals surface area contributed by atoms with E-state index in [1.807, 2.05) is 13.0 Å². The van der Waals surface area contributed by atoms with Gasteiger partial charge in [0.05, 0.1) is 17.9 Å². The molecule has 4 heteroatoms. The van der Waals surface area contributed by atoms with Crippen molar-refractivity contribution in [1.82, 2.24) is 0 Å². The van der Waals surface area contributed by atoms with Gasteiger partial charge in [0, 0.05) is 5.69 Å². The molecule has 0 bridgehead atoms. The summed E-state index contributed by atoms with van der Waals surface area (Å²) in [4.78, 5) is 12.0. The molecular weight excluding hydrogens is 252 g/mol. The molecule has 1 rings (SSSR count). The number of nitrogens with two attached hydrogens (primary N) is 1. The molecule has 0 spiro atoms. The summed E-state index contributed by atoms with van der Waals surface area (Å²) in [7, 11) is 0. The van der Waals surface area contributed by atoms with Gasteiger partial charge in [0.25, 0.3) is 0 Å². The van der Waals surface area contributed by atoms with Gasteiger partial charge in [-0.25, -0.2) is 0 Å². The summed E-state index contributed by atoms with van der Waals surface area (Å²) >= 11 is 0. The van der Waals surface area contributed by atoms with Gasteiger partial charge in [0.2, 0.25) is 0 Å². The number of nitriles is 1. The van der Waals surface area contributed by atoms with E-state index >= 15 is 0 Å². The molecular formula is C16H22N2O2. The van der Waals surface area contributed by atoms with Crippen molar-refractivity contribution >= 4 is 11.7 Å². The maximum Gasteiger partial charge on any atom is 0.308 e. The topological polar surface area (TPSA) is 76.1 Å². The SMILES string of the molecule is Cc1ccc(N)cc1C(C)(C#N)CC(=O)OC(C)(C)C. The summed E-state index contributed by atoms with van der Waals surface area (Å²) < 4.78 is 5.31. The summed E-state index contributed by atoms with van der Waals surface area (Å²) in [5.41, 5.74) is 6.57. The third kappa shape index (κ3) is 3.99. The highest BCUT2D eigenvalue weighted by Gasteiger charge is 2.33. The number of rotatable bonds is 3. The van der Waals surface area contributed by atoms with Crippen LogP contribution in [-0.2, 0) is 14.9 Å². The lowest BCUT2D eigenvalue weighted by Gasteiger charge is -2.26. The lowest BCUT2D eigenvalue weighted by molar-refractivity contribution is -0.155. The maximum absolute atomic E-state index is 12.0. The fourth-order valence-corrected chi connectivity index (χ4v) is 2.10. The molecule has 1 aromatic rings. The highest BCUT2D eigenvalue weighted by atomic mass is 16.6. The molecule has 0 saturated heterocycles. The van der Waals surface area contributed by atoms with Crippen LogP contribution in [0.5, 0.6) is 0 Å². The molecule has 0 amide bonds. The standard InChI is InChI=1S/C16H22N2O2/c1-11-6-7-12(18)8-13(11)16(5,10-17)9-14(19)20-15(2,3)4/h6-8H,9,18H2,1-5H3. The summed E-state index contributed by atoms with van der Waals surface area (Å²) in [6, 6.07) is 7.61. The van der Waals surface area contributed by atoms with Gasteiger partial charge < -0.3 is 10.5 Å². The van der Waals surface area contributed by atoms with Crippen LogP contribution in [0.25, 0.3) is 0 Å². The predicted octanol–water partition coefficient (Wildman–Crippen LogP) is 3.09. The van der Waals surface area contributed by atoms with E-state index in [1.165, 1.54) is 0 Å². The van der Waals surface area contributed by atoms with Gasteiger partial charge in [0.15, 0.2) is 0 Å². The molecule has 4 nitrogen and oxygen atoms in total. The Morgan fingerprint density at radius 2 is 1.95 bits per heavy atom. The van der Waals surface area contributed by atoms with E-state index < -0.39 is 11.0 Å². The molecule has 20 heavy (non-hydrogen) atoms. The molecule has 0 heterocycles. The molecule has 0 aliphatic rings. The molecule has 1 atom stereocenters. The highest BCUT2D eigenvalue weighted by Crippen LogP contribution is 2.32. The first kappa shape index (κ1) is 16.0. The number of nitrogen functional groups attached to an aromatic ring is 1. The average molecular weight is 274 g/mol. The van der Waals surface area contributed by atoms with Crippen LogP contribution in [0.2, 0.25) is 0 Å². The van der Waals surface area contributed by atoms with E-state index in [-0.39, 0.29) is 12.4 Å². The van der Waals surface area contributed by atoms with Crippen molar-refractivity contribution in [1.29, 1.82) is 5.26 Å². The third-order valence-electron chi connectivity index (χ3n) is 3.02. The molecule has 1 unspecified atom stereocenters. The first-order valence-electron chi connectivity index (χ1n) is 6.57. The monoisotopic (exact) mass is 274 g/mol. The maximum atomic E-state index is 12.0. The zero-order chi connectivity index (χ0) is 15.6. The normalized spacial score (nSPS) is 14.2. The van der Waals surface area contributed by atoms with E-state index in [9.17, 15) is 10.1 Å². The van der Waals surface area contributed by atoms with Gasteiger partial charge in [0.1, 0.15) is 5.60 Å². The van der Waals surface area contributed by atoms with E-state index in [1.54, 1.807) is 39.8 Å². The number of carbonyl (C=O) groups is 1. The Labute approximate surface area is 120 Å². The number of ether oxygens (including phenoxy) is 1. The lowest BCUT2D eigenvalue weighted by Crippen LogP contribution is -2.31. The highest BCUT2D eigenvalue weighted by molar-refractivity contribution is 5.73. The molecule has 0 fully saturated rings. The van der Waals surface area contributed by atoms with Crippen LogP contribution in [0, 0.1) is 18.3 Å². The second-order valence-electron chi connectivity index (χ2n) is 6.28. The van der Waals surface area contributed by atoms with E-state index in [4.69, 9.17) is 10.5 Å². The molecule has 1 aromatic carbocycles. The number of nitrogens with zero attached hydrogens (tertiary/aromatic N) is 1. The van der Waals surface area contributed by atoms with Crippen molar-refractivity contribution in [2.24, 2.45) is 0 Å². The Bertz CT molecular complexity index is 553. The van der Waals surface area contributed by atoms with Gasteiger partial charge in [-0.05, 0) is 57.9 Å². The number of anilines is 1. The van der Waals surface area contributed by atoms with Gasteiger partial charge in [-0.2, -0.15) is 5.26 Å². The van der Waals surface area contributed by atoms with E-state index in [0.717, 1.165) is 11.1 Å². The van der Waals surface area contributed by atoms with Crippen LogP contribution in [0.4, 0.5) is 5.69 Å². The van der Waals surface area contributed by atoms with Gasteiger partial charge in [-0.3, -0.25) is 4.79 Å². The van der Waals surface area contributed by atoms with Crippen molar-refractivity contribution < 1.29 is 9.53 Å². The number of esters is 1. The number of aryl methyl sites for hydroxylation is 1. The van der Waals surface area contributed by atoms with Gasteiger partial charge in [-0.15, -0.1) is 0 Å². The van der Waals surface area contributed by atoms with Gasteiger partial charge in [-0.1, -0.05) is 6.07 Å². The Morgan fingerprint density at radius 1 is 1.35 bits per heavy atom. The number of hydrogen-bond acceptors (Lipinski definition) is 4. The van der Waals surface area contributed by atoms with Crippen LogP contribution in [0.3, 0.4) is 0 Å². The third-order valence-corrected chi connectivity index (χ3v) is 3.02. The molecule has 0 saturated carbocycles. The summed E-state index contributed by atoms with van der Waals surface area (Å²) in [5, 5.41) is 9.50. The summed E-state index contributed by atoms with van der Waals surface area (Å²) in [5.74, 6) is -0.386. The smallest absolute Gasteiger partial charge is 0.308 e. The summed E-state index contributed by atoms with van der Waals surface area (Å²) in [6.07, 6.45) is 0.00502. The Kier molecular flexibility index (Phi) is 4.44. The quantitative estimate of drug-likeness (QED) is 0.678. The fraction of sp³-hybridized carbons (Fsp3) is 0.500. The van der Waals surface area contributed by atoms with E-state index in [0.29, 0.717) is 5.69 Å². The average Bonchev–Trinajstić information content (AvgIpc) is 2.29. The second kappa shape index (κ2) is 5.54. The Balaban J connectivity index is 3.07. The van der Waals surface area contributed by atoms with Crippen LogP contribution in [0.1, 0.15) is 45.2 Å². The summed E-state index contributed by atoms with van der Waals surface area (Å²) in [6.45, 7) is 9.05. The van der Waals surface area contributed by atoms with Crippen molar-refractivity contribution in [3.05, 3.63) is 29.3 Å². The minimum Gasteiger partial charge on any atom is -0.460 e. The Morgan fingerprint density at radius 3 is 2.45 bits per heavy atom. The Hall–Kier alpha value is -2.02. The first-order chi connectivity index (χ1) is 9.07. The van der Waals surface area contributed by atoms with Crippen molar-refractivity contribution in [2.45, 2.75) is 52.1 Å². The minimum atomic E-state index is -0.943. The molecule has 108 valence electrons. The lowest BCUT2D eigenvalue weighted by atomic mass is 9.78. The van der Waals surface area contributed by atoms with Crippen molar-refractivity contribution in [3.8, 4) is 6.07 Å². The van der Waals surface area contributed by atoms with Crippen LogP contribution in [-0.4, -0.2) is 11.6 Å². The van der Waals surface area contributed by atoms with Gasteiger partial charge >= 0.3 is 5.97 Å². The van der Waals surface area contributed by atoms with Crippen LogP contribution < -0.4 is 5.73 Å². The largest absolute Gasteiger partial charge is 0.460 e. The van der Waals surface area contributed by atoms with Crippen LogP contribution in [0.15, 0.2) is 18.2 Å². The molecule has 0 aliphatic carbocycles. The molecule has 0 aromatic heterocycles. The predicted molar refractivity (Wildman–Crippen MR) is 79.0 cm³/mol. The number of benzene rings is 1. The van der Waals surface area contributed by atoms with Crippen LogP contribution >= 0.6 is 0 Å².